The van der Waals surface area contributed by atoms with E-state index in [0.717, 1.165) is 25.8 Å². The van der Waals surface area contributed by atoms with Gasteiger partial charge in [-0.3, -0.25) is 0 Å². The molecule has 0 radical (unpaired) electrons. The minimum Gasteiger partial charge on any atom is -0.212 e. The van der Waals surface area contributed by atoms with Crippen molar-refractivity contribution in [3.05, 3.63) is 0 Å². The molecule has 0 aliphatic heterocycles. The molecule has 0 amide bonds. The molecule has 94 valence electrons. The van der Waals surface area contributed by atoms with E-state index in [1.54, 1.807) is 4.31 Å². The molecule has 2 aliphatic carbocycles. The molecule has 0 bridgehead atoms. The third kappa shape index (κ3) is 3.60. The van der Waals surface area contributed by atoms with Crippen LogP contribution in [0.5, 0.6) is 0 Å². The van der Waals surface area contributed by atoms with Gasteiger partial charge in [0.15, 0.2) is 0 Å². The summed E-state index contributed by atoms with van der Waals surface area (Å²) in [7, 11) is -3.01. The number of nitrogens with zero attached hydrogens (tertiary/aromatic N) is 1. The first-order valence-corrected chi connectivity index (χ1v) is 8.33. The predicted molar refractivity (Wildman–Crippen MR) is 66.2 cm³/mol. The summed E-state index contributed by atoms with van der Waals surface area (Å²) in [5.74, 6) is 1.48. The number of hydrogen-bond donors (Lipinski definition) is 0. The Morgan fingerprint density at radius 1 is 1.12 bits per heavy atom. The van der Waals surface area contributed by atoms with Gasteiger partial charge in [0.05, 0.1) is 5.75 Å². The van der Waals surface area contributed by atoms with E-state index in [1.165, 1.54) is 12.8 Å². The molecule has 0 N–H and O–H groups in total. The molecule has 16 heavy (non-hydrogen) atoms. The maximum Gasteiger partial charge on any atom is 0.214 e. The number of alkyl halides is 1. The van der Waals surface area contributed by atoms with Crippen LogP contribution in [0.1, 0.15) is 38.5 Å². The predicted octanol–water partition coefficient (Wildman–Crippen LogP) is 2.21. The van der Waals surface area contributed by atoms with Crippen molar-refractivity contribution in [2.75, 3.05) is 18.2 Å². The van der Waals surface area contributed by atoms with Gasteiger partial charge in [0.2, 0.25) is 10.0 Å². The van der Waals surface area contributed by atoms with E-state index in [0.29, 0.717) is 24.3 Å². The van der Waals surface area contributed by atoms with E-state index in [2.05, 4.69) is 0 Å². The van der Waals surface area contributed by atoms with Crippen LogP contribution in [0.4, 0.5) is 0 Å². The zero-order valence-corrected chi connectivity index (χ0v) is 11.1. The van der Waals surface area contributed by atoms with Crippen LogP contribution in [0.2, 0.25) is 0 Å². The number of halogens is 1. The van der Waals surface area contributed by atoms with Gasteiger partial charge >= 0.3 is 0 Å². The van der Waals surface area contributed by atoms with Gasteiger partial charge in [0.1, 0.15) is 0 Å². The highest BCUT2D eigenvalue weighted by Crippen LogP contribution is 2.36. The third-order valence-corrected chi connectivity index (χ3v) is 5.47. The summed E-state index contributed by atoms with van der Waals surface area (Å²) in [6.45, 7) is 0.772. The topological polar surface area (TPSA) is 37.4 Å². The van der Waals surface area contributed by atoms with Crippen LogP contribution in [0.15, 0.2) is 0 Å². The number of hydrogen-bond acceptors (Lipinski definition) is 2. The lowest BCUT2D eigenvalue weighted by Crippen LogP contribution is -2.36. The lowest BCUT2D eigenvalue weighted by atomic mass is 10.4. The van der Waals surface area contributed by atoms with Gasteiger partial charge in [0, 0.05) is 18.5 Å². The second-order valence-corrected chi connectivity index (χ2v) is 7.38. The minimum atomic E-state index is -3.01. The van der Waals surface area contributed by atoms with Crippen molar-refractivity contribution in [1.29, 1.82) is 0 Å². The van der Waals surface area contributed by atoms with Crippen molar-refractivity contribution in [1.82, 2.24) is 4.31 Å². The third-order valence-electron chi connectivity index (χ3n) is 3.23. The van der Waals surface area contributed by atoms with Crippen molar-refractivity contribution in [2.45, 2.75) is 44.6 Å². The molecule has 5 heteroatoms. The average molecular weight is 266 g/mol. The SMILES string of the molecule is O=S(=O)(CCCCCl)N(CC1CC1)C1CC1. The van der Waals surface area contributed by atoms with Gasteiger partial charge in [-0.15, -0.1) is 11.6 Å². The quantitative estimate of drug-likeness (QED) is 0.498. The van der Waals surface area contributed by atoms with Crippen molar-refractivity contribution in [3.63, 3.8) is 0 Å². The molecule has 0 spiro atoms. The molecule has 3 nitrogen and oxygen atoms in total. The molecular formula is C11H20ClNO2S. The van der Waals surface area contributed by atoms with Crippen molar-refractivity contribution < 1.29 is 8.42 Å². The molecule has 0 heterocycles. The van der Waals surface area contributed by atoms with E-state index < -0.39 is 10.0 Å². The molecule has 0 saturated heterocycles. The smallest absolute Gasteiger partial charge is 0.212 e. The van der Waals surface area contributed by atoms with Gasteiger partial charge in [-0.1, -0.05) is 0 Å². The Morgan fingerprint density at radius 2 is 1.81 bits per heavy atom. The standard InChI is InChI=1S/C11H20ClNO2S/c12-7-1-2-8-16(14,15)13(11-5-6-11)9-10-3-4-10/h10-11H,1-9H2. The van der Waals surface area contributed by atoms with Gasteiger partial charge in [-0.05, 0) is 44.4 Å². The van der Waals surface area contributed by atoms with Gasteiger partial charge in [-0.25, -0.2) is 8.42 Å². The molecule has 0 aromatic rings. The van der Waals surface area contributed by atoms with Crippen LogP contribution in [0, 0.1) is 5.92 Å². The summed E-state index contributed by atoms with van der Waals surface area (Å²) < 4.78 is 26.0. The number of unbranched alkanes of at least 4 members (excludes halogenated alkanes) is 1. The molecule has 2 fully saturated rings. The maximum absolute atomic E-state index is 12.1. The van der Waals surface area contributed by atoms with Gasteiger partial charge in [-0.2, -0.15) is 4.31 Å². The first kappa shape index (κ1) is 12.7. The zero-order valence-electron chi connectivity index (χ0n) is 9.57. The Labute approximate surface area is 103 Å². The molecule has 2 saturated carbocycles. The van der Waals surface area contributed by atoms with Crippen molar-refractivity contribution >= 4 is 21.6 Å². The van der Waals surface area contributed by atoms with E-state index in [-0.39, 0.29) is 5.75 Å². The Kier molecular flexibility index (Phi) is 4.14. The minimum absolute atomic E-state index is 0.281. The van der Waals surface area contributed by atoms with Crippen molar-refractivity contribution in [3.8, 4) is 0 Å². The molecule has 0 unspecified atom stereocenters. The first-order chi connectivity index (χ1) is 7.63. The monoisotopic (exact) mass is 265 g/mol. The van der Waals surface area contributed by atoms with E-state index >= 15 is 0 Å². The summed E-state index contributed by atoms with van der Waals surface area (Å²) in [5, 5.41) is 0. The molecule has 2 rings (SSSR count). The van der Waals surface area contributed by atoms with E-state index in [4.69, 9.17) is 11.6 Å². The van der Waals surface area contributed by atoms with Crippen molar-refractivity contribution in [2.24, 2.45) is 5.92 Å². The summed E-state index contributed by atoms with van der Waals surface area (Å²) >= 11 is 5.57. The van der Waals surface area contributed by atoms with E-state index in [9.17, 15) is 8.42 Å². The van der Waals surface area contributed by atoms with Crippen LogP contribution in [-0.2, 0) is 10.0 Å². The highest BCUT2D eigenvalue weighted by molar-refractivity contribution is 7.89. The van der Waals surface area contributed by atoms with E-state index in [1.807, 2.05) is 0 Å². The highest BCUT2D eigenvalue weighted by atomic mass is 35.5. The van der Waals surface area contributed by atoms with Crippen LogP contribution in [0.25, 0.3) is 0 Å². The van der Waals surface area contributed by atoms with Crippen LogP contribution in [0.3, 0.4) is 0 Å². The summed E-state index contributed by atoms with van der Waals surface area (Å²) in [6, 6.07) is 0.321. The second kappa shape index (κ2) is 5.23. The molecule has 0 aromatic heterocycles. The fourth-order valence-electron chi connectivity index (χ4n) is 1.90. The molecule has 0 aromatic carbocycles. The number of sulfonamides is 1. The van der Waals surface area contributed by atoms with Crippen LogP contribution < -0.4 is 0 Å². The van der Waals surface area contributed by atoms with Gasteiger partial charge in [0.25, 0.3) is 0 Å². The molecule has 2 aliphatic rings. The normalized spacial score (nSPS) is 21.6. The lowest BCUT2D eigenvalue weighted by Gasteiger charge is -2.21. The Hall–Kier alpha value is 0.200. The Morgan fingerprint density at radius 3 is 2.31 bits per heavy atom. The summed E-state index contributed by atoms with van der Waals surface area (Å²) in [4.78, 5) is 0. The Balaban J connectivity index is 1.88. The first-order valence-electron chi connectivity index (χ1n) is 6.19. The average Bonchev–Trinajstić information content (AvgIpc) is 3.08. The van der Waals surface area contributed by atoms with Crippen LogP contribution >= 0.6 is 11.6 Å². The molecular weight excluding hydrogens is 246 g/mol. The zero-order chi connectivity index (χ0) is 11.6. The highest BCUT2D eigenvalue weighted by Gasteiger charge is 2.39. The number of rotatable bonds is 8. The fourth-order valence-corrected chi connectivity index (χ4v) is 4.00. The lowest BCUT2D eigenvalue weighted by molar-refractivity contribution is 0.388. The maximum atomic E-state index is 12.1. The largest absolute Gasteiger partial charge is 0.214 e. The molecule has 0 atom stereocenters. The van der Waals surface area contributed by atoms with Gasteiger partial charge < -0.3 is 0 Å². The fraction of sp³-hybridized carbons (Fsp3) is 1.00. The van der Waals surface area contributed by atoms with Crippen LogP contribution in [-0.4, -0.2) is 36.9 Å². The second-order valence-electron chi connectivity index (χ2n) is 4.96. The summed E-state index contributed by atoms with van der Waals surface area (Å²) in [5.41, 5.74) is 0. The summed E-state index contributed by atoms with van der Waals surface area (Å²) in [6.07, 6.45) is 6.02. The Bertz CT molecular complexity index is 323.